The average Bonchev–Trinajstić information content (AvgIpc) is 2.62. The van der Waals surface area contributed by atoms with Crippen molar-refractivity contribution in [1.29, 1.82) is 0 Å². The number of nitrogens with zero attached hydrogens (tertiary/aromatic N) is 2. The minimum absolute atomic E-state index is 0.0917. The molecule has 2 aromatic carbocycles. The van der Waals surface area contributed by atoms with Gasteiger partial charge >= 0.3 is 0 Å². The minimum atomic E-state index is -0.536. The second-order valence-corrected chi connectivity index (χ2v) is 5.44. The molecule has 1 amide bonds. The number of carbonyl (C=O) groups is 1. The zero-order valence-electron chi connectivity index (χ0n) is 12.8. The summed E-state index contributed by atoms with van der Waals surface area (Å²) in [6.45, 7) is 0.867. The van der Waals surface area contributed by atoms with Crippen molar-refractivity contribution in [3.05, 3.63) is 62.7 Å². The number of nitro groups is 1. The van der Waals surface area contributed by atoms with Gasteiger partial charge in [0.2, 0.25) is 0 Å². The van der Waals surface area contributed by atoms with Crippen LogP contribution in [0.15, 0.2) is 41.5 Å². The third-order valence-corrected chi connectivity index (χ3v) is 3.62. The Hall–Kier alpha value is -3.13. The van der Waals surface area contributed by atoms with E-state index in [0.29, 0.717) is 35.3 Å². The van der Waals surface area contributed by atoms with Crippen LogP contribution in [0.3, 0.4) is 0 Å². The number of carbonyl (C=O) groups excluding carboxylic acids is 1. The van der Waals surface area contributed by atoms with Crippen molar-refractivity contribution in [1.82, 2.24) is 5.43 Å². The molecule has 1 aliphatic heterocycles. The Labute approximate surface area is 147 Å². The highest BCUT2D eigenvalue weighted by Crippen LogP contribution is 2.37. The molecule has 0 unspecified atom stereocenters. The third-order valence-electron chi connectivity index (χ3n) is 3.34. The van der Waals surface area contributed by atoms with E-state index in [2.05, 4.69) is 10.5 Å². The second kappa shape index (κ2) is 7.18. The Kier molecular flexibility index (Phi) is 4.80. The number of hydrazone groups is 1. The first-order valence-corrected chi connectivity index (χ1v) is 7.59. The molecule has 1 N–H and O–H groups in total. The predicted molar refractivity (Wildman–Crippen MR) is 90.6 cm³/mol. The molecule has 0 spiro atoms. The number of non-ortho nitro benzene ring substituents is 1. The molecule has 1 heterocycles. The molecule has 0 atom stereocenters. The van der Waals surface area contributed by atoms with E-state index < -0.39 is 10.8 Å². The summed E-state index contributed by atoms with van der Waals surface area (Å²) in [7, 11) is 0. The van der Waals surface area contributed by atoms with Gasteiger partial charge in [-0.15, -0.1) is 0 Å². The fraction of sp³-hybridized carbons (Fsp3) is 0.125. The van der Waals surface area contributed by atoms with E-state index >= 15 is 0 Å². The Bertz CT molecular complexity index is 852. The van der Waals surface area contributed by atoms with Gasteiger partial charge in [0.05, 0.1) is 16.2 Å². The molecule has 0 saturated heterocycles. The van der Waals surface area contributed by atoms with Crippen LogP contribution in [-0.4, -0.2) is 30.3 Å². The number of halogens is 1. The molecule has 9 heteroatoms. The van der Waals surface area contributed by atoms with Crippen molar-refractivity contribution < 1.29 is 19.2 Å². The van der Waals surface area contributed by atoms with Gasteiger partial charge in [-0.3, -0.25) is 14.9 Å². The number of nitrogens with one attached hydrogen (secondary N) is 1. The summed E-state index contributed by atoms with van der Waals surface area (Å²) in [6.07, 6.45) is 1.41. The molecule has 0 aromatic heterocycles. The van der Waals surface area contributed by atoms with E-state index in [-0.39, 0.29) is 11.3 Å². The summed E-state index contributed by atoms with van der Waals surface area (Å²) >= 11 is 6.12. The van der Waals surface area contributed by atoms with Gasteiger partial charge in [-0.25, -0.2) is 5.43 Å². The van der Waals surface area contributed by atoms with Crippen LogP contribution in [0.25, 0.3) is 0 Å². The summed E-state index contributed by atoms with van der Waals surface area (Å²) < 4.78 is 10.9. The summed E-state index contributed by atoms with van der Waals surface area (Å²) in [4.78, 5) is 22.0. The lowest BCUT2D eigenvalue weighted by molar-refractivity contribution is -0.384. The van der Waals surface area contributed by atoms with Crippen LogP contribution in [0.4, 0.5) is 5.69 Å². The number of amides is 1. The van der Waals surface area contributed by atoms with Crippen LogP contribution in [0.2, 0.25) is 5.02 Å². The monoisotopic (exact) mass is 361 g/mol. The van der Waals surface area contributed by atoms with Crippen molar-refractivity contribution in [3.8, 4) is 11.5 Å². The standard InChI is InChI=1S/C16H12ClN3O5/c17-13-7-10(8-14-15(13)25-6-5-24-14)9-18-19-16(21)11-1-3-12(4-2-11)20(22)23/h1-4,7-9H,5-6H2,(H,19,21)/b18-9-. The average molecular weight is 362 g/mol. The lowest BCUT2D eigenvalue weighted by atomic mass is 10.2. The smallest absolute Gasteiger partial charge is 0.271 e. The Balaban J connectivity index is 1.67. The van der Waals surface area contributed by atoms with Crippen LogP contribution in [0.5, 0.6) is 11.5 Å². The summed E-state index contributed by atoms with van der Waals surface area (Å²) in [5, 5.41) is 14.8. The first-order chi connectivity index (χ1) is 12.0. The molecular formula is C16H12ClN3O5. The quantitative estimate of drug-likeness (QED) is 0.512. The number of benzene rings is 2. The Morgan fingerprint density at radius 1 is 1.24 bits per heavy atom. The minimum Gasteiger partial charge on any atom is -0.486 e. The van der Waals surface area contributed by atoms with Gasteiger partial charge in [-0.1, -0.05) is 11.6 Å². The molecule has 0 aliphatic carbocycles. The number of hydrogen-bond donors (Lipinski definition) is 1. The second-order valence-electron chi connectivity index (χ2n) is 5.03. The first kappa shape index (κ1) is 16.7. The molecule has 0 radical (unpaired) electrons. The maximum absolute atomic E-state index is 12.0. The van der Waals surface area contributed by atoms with Gasteiger partial charge in [0.25, 0.3) is 11.6 Å². The van der Waals surface area contributed by atoms with Gasteiger partial charge in [0, 0.05) is 17.7 Å². The fourth-order valence-corrected chi connectivity index (χ4v) is 2.44. The highest BCUT2D eigenvalue weighted by molar-refractivity contribution is 6.32. The van der Waals surface area contributed by atoms with Crippen LogP contribution in [-0.2, 0) is 0 Å². The van der Waals surface area contributed by atoms with Crippen LogP contribution >= 0.6 is 11.6 Å². The summed E-state index contributed by atoms with van der Waals surface area (Å²) in [5.41, 5.74) is 3.13. The van der Waals surface area contributed by atoms with Crippen molar-refractivity contribution >= 4 is 29.4 Å². The zero-order valence-corrected chi connectivity index (χ0v) is 13.5. The number of fused-ring (bicyclic) bond motifs is 1. The van der Waals surface area contributed by atoms with Crippen LogP contribution in [0, 0.1) is 10.1 Å². The SMILES string of the molecule is O=C(N/N=C\c1cc(Cl)c2c(c1)OCCO2)c1ccc([N+](=O)[O-])cc1. The van der Waals surface area contributed by atoms with Gasteiger partial charge in [-0.05, 0) is 29.8 Å². The van der Waals surface area contributed by atoms with E-state index in [1.807, 2.05) is 0 Å². The largest absolute Gasteiger partial charge is 0.486 e. The normalized spacial score (nSPS) is 12.8. The van der Waals surface area contributed by atoms with Crippen molar-refractivity contribution in [2.75, 3.05) is 13.2 Å². The summed E-state index contributed by atoms with van der Waals surface area (Å²) in [6, 6.07) is 8.53. The van der Waals surface area contributed by atoms with Crippen molar-refractivity contribution in [2.45, 2.75) is 0 Å². The predicted octanol–water partition coefficient (Wildman–Crippen LogP) is 2.78. The summed E-state index contributed by atoms with van der Waals surface area (Å²) in [5.74, 6) is 0.511. The molecule has 1 aliphatic rings. The van der Waals surface area contributed by atoms with E-state index in [4.69, 9.17) is 21.1 Å². The van der Waals surface area contributed by atoms with Crippen molar-refractivity contribution in [2.24, 2.45) is 5.10 Å². The van der Waals surface area contributed by atoms with Gasteiger partial charge < -0.3 is 9.47 Å². The lowest BCUT2D eigenvalue weighted by Gasteiger charge is -2.19. The molecule has 25 heavy (non-hydrogen) atoms. The van der Waals surface area contributed by atoms with E-state index in [0.717, 1.165) is 0 Å². The molecule has 0 bridgehead atoms. The van der Waals surface area contributed by atoms with Crippen molar-refractivity contribution in [3.63, 3.8) is 0 Å². The van der Waals surface area contributed by atoms with Crippen LogP contribution in [0.1, 0.15) is 15.9 Å². The van der Waals surface area contributed by atoms with Gasteiger partial charge in [0.15, 0.2) is 11.5 Å². The highest BCUT2D eigenvalue weighted by atomic mass is 35.5. The third kappa shape index (κ3) is 3.86. The molecule has 0 saturated carbocycles. The van der Waals surface area contributed by atoms with Gasteiger partial charge in [-0.2, -0.15) is 5.10 Å². The molecule has 2 aromatic rings. The number of ether oxygens (including phenoxy) is 2. The maximum Gasteiger partial charge on any atom is 0.271 e. The maximum atomic E-state index is 12.0. The molecule has 128 valence electrons. The fourth-order valence-electron chi connectivity index (χ4n) is 2.17. The number of hydrogen-bond acceptors (Lipinski definition) is 6. The van der Waals surface area contributed by atoms with Gasteiger partial charge in [0.1, 0.15) is 13.2 Å². The number of rotatable bonds is 4. The Morgan fingerprint density at radius 2 is 1.96 bits per heavy atom. The van der Waals surface area contributed by atoms with E-state index in [1.165, 1.54) is 30.5 Å². The number of nitro benzene ring substituents is 1. The molecular weight excluding hydrogens is 350 g/mol. The Morgan fingerprint density at radius 3 is 2.68 bits per heavy atom. The van der Waals surface area contributed by atoms with E-state index in [1.54, 1.807) is 12.1 Å². The molecule has 8 nitrogen and oxygen atoms in total. The highest BCUT2D eigenvalue weighted by Gasteiger charge is 2.16. The molecule has 3 rings (SSSR count). The van der Waals surface area contributed by atoms with E-state index in [9.17, 15) is 14.9 Å². The van der Waals surface area contributed by atoms with Crippen LogP contribution < -0.4 is 14.9 Å². The molecule has 0 fully saturated rings. The zero-order chi connectivity index (χ0) is 17.8. The topological polar surface area (TPSA) is 103 Å². The first-order valence-electron chi connectivity index (χ1n) is 7.21. The lowest BCUT2D eigenvalue weighted by Crippen LogP contribution is -2.18.